The van der Waals surface area contributed by atoms with Crippen molar-refractivity contribution in [3.63, 3.8) is 0 Å². The lowest BCUT2D eigenvalue weighted by Crippen LogP contribution is -2.36. The zero-order valence-electron chi connectivity index (χ0n) is 10.7. The van der Waals surface area contributed by atoms with Gasteiger partial charge in [-0.15, -0.1) is 6.42 Å². The minimum atomic E-state index is -3.59. The maximum absolute atomic E-state index is 12.2. The number of rotatable bonds is 3. The van der Waals surface area contributed by atoms with Crippen LogP contribution < -0.4 is 4.72 Å². The third-order valence-electron chi connectivity index (χ3n) is 3.23. The lowest BCUT2D eigenvalue weighted by atomic mass is 10.2. The molecule has 0 radical (unpaired) electrons. The molecule has 1 heterocycles. The first kappa shape index (κ1) is 14.9. The Bertz CT molecular complexity index is 731. The van der Waals surface area contributed by atoms with Crippen LogP contribution in [0.25, 0.3) is 0 Å². The van der Waals surface area contributed by atoms with Crippen molar-refractivity contribution in [2.75, 3.05) is 16.2 Å². The zero-order chi connectivity index (χ0) is 14.8. The van der Waals surface area contributed by atoms with Crippen molar-refractivity contribution in [3.05, 3.63) is 29.8 Å². The second-order valence-corrected chi connectivity index (χ2v) is 8.99. The molecule has 5 nitrogen and oxygen atoms in total. The van der Waals surface area contributed by atoms with E-state index in [0.717, 1.165) is 0 Å². The van der Waals surface area contributed by atoms with Gasteiger partial charge in [0.25, 0.3) is 0 Å². The summed E-state index contributed by atoms with van der Waals surface area (Å²) in [6.07, 6.45) is 5.52. The maximum atomic E-state index is 12.2. The summed E-state index contributed by atoms with van der Waals surface area (Å²) in [5, 5.41) is -0.680. The number of hydrogen-bond acceptors (Lipinski definition) is 4. The van der Waals surface area contributed by atoms with Crippen molar-refractivity contribution in [1.29, 1.82) is 0 Å². The molecule has 0 atom stereocenters. The molecule has 1 aromatic rings. The Kier molecular flexibility index (Phi) is 4.06. The van der Waals surface area contributed by atoms with Crippen molar-refractivity contribution in [2.24, 2.45) is 0 Å². The number of terminal acetylenes is 1. The van der Waals surface area contributed by atoms with Gasteiger partial charge in [-0.2, -0.15) is 0 Å². The molecule has 0 bridgehead atoms. The number of nitrogens with one attached hydrogen (secondary N) is 1. The Morgan fingerprint density at radius 3 is 2.50 bits per heavy atom. The average molecular weight is 313 g/mol. The minimum Gasteiger partial charge on any atom is -0.283 e. The van der Waals surface area contributed by atoms with Crippen LogP contribution in [0, 0.1) is 12.3 Å². The summed E-state index contributed by atoms with van der Waals surface area (Å²) in [4.78, 5) is 0. The van der Waals surface area contributed by atoms with Crippen LogP contribution in [0.15, 0.2) is 24.3 Å². The molecule has 1 aliphatic rings. The Labute approximate surface area is 119 Å². The van der Waals surface area contributed by atoms with Gasteiger partial charge in [0.15, 0.2) is 0 Å². The highest BCUT2D eigenvalue weighted by molar-refractivity contribution is 7.94. The van der Waals surface area contributed by atoms with Gasteiger partial charge in [-0.1, -0.05) is 12.0 Å². The summed E-state index contributed by atoms with van der Waals surface area (Å²) >= 11 is 0. The molecule has 0 unspecified atom stereocenters. The van der Waals surface area contributed by atoms with Crippen molar-refractivity contribution in [2.45, 2.75) is 18.1 Å². The molecule has 108 valence electrons. The normalized spacial score (nSPS) is 19.1. The Morgan fingerprint density at radius 1 is 1.25 bits per heavy atom. The Morgan fingerprint density at radius 2 is 1.90 bits per heavy atom. The van der Waals surface area contributed by atoms with Crippen LogP contribution in [0.2, 0.25) is 0 Å². The molecule has 0 aliphatic carbocycles. The summed E-state index contributed by atoms with van der Waals surface area (Å²) < 4.78 is 49.5. The van der Waals surface area contributed by atoms with Gasteiger partial charge in [0.05, 0.1) is 16.8 Å². The van der Waals surface area contributed by atoms with Gasteiger partial charge in [0.1, 0.15) is 9.84 Å². The van der Waals surface area contributed by atoms with Crippen LogP contribution in [0.4, 0.5) is 5.69 Å². The van der Waals surface area contributed by atoms with E-state index in [9.17, 15) is 16.8 Å². The molecule has 1 saturated heterocycles. The summed E-state index contributed by atoms with van der Waals surface area (Å²) in [5.41, 5.74) is 0.977. The molecule has 0 saturated carbocycles. The van der Waals surface area contributed by atoms with Gasteiger partial charge in [0, 0.05) is 11.3 Å². The lowest BCUT2D eigenvalue weighted by molar-refractivity contribution is 0.555. The third kappa shape index (κ3) is 3.52. The van der Waals surface area contributed by atoms with Crippen molar-refractivity contribution < 1.29 is 16.8 Å². The van der Waals surface area contributed by atoms with Crippen molar-refractivity contribution in [1.82, 2.24) is 0 Å². The first-order chi connectivity index (χ1) is 9.32. The maximum Gasteiger partial charge on any atom is 0.235 e. The molecule has 7 heteroatoms. The van der Waals surface area contributed by atoms with Crippen LogP contribution in [0.1, 0.15) is 18.4 Å². The molecule has 1 N–H and O–H groups in total. The molecule has 1 fully saturated rings. The number of anilines is 1. The van der Waals surface area contributed by atoms with E-state index in [1.807, 2.05) is 0 Å². The van der Waals surface area contributed by atoms with Crippen LogP contribution in [-0.4, -0.2) is 33.6 Å². The molecule has 0 spiro atoms. The number of benzene rings is 1. The standard InChI is InChI=1S/C13H15NO4S2/c1-2-11-4-3-5-12(10-11)14-20(17,18)13-6-8-19(15,16)9-7-13/h1,3-5,10,13-14H,6-9H2. The third-order valence-corrected chi connectivity index (χ3v) is 6.81. The second-order valence-electron chi connectivity index (χ2n) is 4.72. The number of hydrogen-bond donors (Lipinski definition) is 1. The molecule has 20 heavy (non-hydrogen) atoms. The SMILES string of the molecule is C#Cc1cccc(NS(=O)(=O)C2CCS(=O)(=O)CC2)c1. The molecule has 0 aromatic heterocycles. The summed E-state index contributed by atoms with van der Waals surface area (Å²) in [6.45, 7) is 0. The highest BCUT2D eigenvalue weighted by Crippen LogP contribution is 2.22. The smallest absolute Gasteiger partial charge is 0.235 e. The quantitative estimate of drug-likeness (QED) is 0.844. The van der Waals surface area contributed by atoms with E-state index in [-0.39, 0.29) is 24.3 Å². The summed E-state index contributed by atoms with van der Waals surface area (Å²) in [5.74, 6) is 2.27. The van der Waals surface area contributed by atoms with Crippen LogP contribution in [0.3, 0.4) is 0 Å². The zero-order valence-corrected chi connectivity index (χ0v) is 12.4. The van der Waals surface area contributed by atoms with Gasteiger partial charge in [-0.25, -0.2) is 16.8 Å². The highest BCUT2D eigenvalue weighted by atomic mass is 32.2. The molecule has 0 amide bonds. The molecule has 2 rings (SSSR count). The van der Waals surface area contributed by atoms with Crippen LogP contribution in [0.5, 0.6) is 0 Å². The topological polar surface area (TPSA) is 80.3 Å². The molecule has 1 aliphatic heterocycles. The average Bonchev–Trinajstić information content (AvgIpc) is 2.38. The van der Waals surface area contributed by atoms with E-state index in [2.05, 4.69) is 10.6 Å². The van der Waals surface area contributed by atoms with Gasteiger partial charge in [0.2, 0.25) is 10.0 Å². The van der Waals surface area contributed by atoms with Gasteiger partial charge in [-0.05, 0) is 31.0 Å². The largest absolute Gasteiger partial charge is 0.283 e. The first-order valence-corrected chi connectivity index (χ1v) is 9.48. The van der Waals surface area contributed by atoms with E-state index >= 15 is 0 Å². The van der Waals surface area contributed by atoms with Gasteiger partial charge < -0.3 is 0 Å². The van der Waals surface area contributed by atoms with E-state index in [4.69, 9.17) is 6.42 Å². The molecular formula is C13H15NO4S2. The monoisotopic (exact) mass is 313 g/mol. The predicted molar refractivity (Wildman–Crippen MR) is 78.6 cm³/mol. The van der Waals surface area contributed by atoms with Crippen LogP contribution in [-0.2, 0) is 19.9 Å². The van der Waals surface area contributed by atoms with E-state index < -0.39 is 25.1 Å². The molecular weight excluding hydrogens is 298 g/mol. The fraction of sp³-hybridized carbons (Fsp3) is 0.385. The van der Waals surface area contributed by atoms with E-state index in [0.29, 0.717) is 11.3 Å². The van der Waals surface area contributed by atoms with Gasteiger partial charge >= 0.3 is 0 Å². The van der Waals surface area contributed by atoms with E-state index in [1.165, 1.54) is 0 Å². The fourth-order valence-corrected chi connectivity index (χ4v) is 5.37. The first-order valence-electron chi connectivity index (χ1n) is 6.11. The Hall–Kier alpha value is -1.52. The van der Waals surface area contributed by atoms with Crippen molar-refractivity contribution in [3.8, 4) is 12.3 Å². The fourth-order valence-electron chi connectivity index (χ4n) is 2.10. The number of sulfone groups is 1. The predicted octanol–water partition coefficient (Wildman–Crippen LogP) is 0.987. The lowest BCUT2D eigenvalue weighted by Gasteiger charge is -2.22. The minimum absolute atomic E-state index is 0.0804. The highest BCUT2D eigenvalue weighted by Gasteiger charge is 2.32. The summed E-state index contributed by atoms with van der Waals surface area (Å²) in [6, 6.07) is 6.54. The number of sulfonamides is 1. The van der Waals surface area contributed by atoms with Gasteiger partial charge in [-0.3, -0.25) is 4.72 Å². The van der Waals surface area contributed by atoms with Crippen LogP contribution >= 0.6 is 0 Å². The second kappa shape index (κ2) is 5.46. The van der Waals surface area contributed by atoms with E-state index in [1.54, 1.807) is 24.3 Å². The summed E-state index contributed by atoms with van der Waals surface area (Å²) in [7, 11) is -6.67. The Balaban J connectivity index is 2.14. The van der Waals surface area contributed by atoms with Crippen molar-refractivity contribution >= 4 is 25.5 Å². The molecule has 1 aromatic carbocycles.